The van der Waals surface area contributed by atoms with Gasteiger partial charge in [0.25, 0.3) is 0 Å². The van der Waals surface area contributed by atoms with Crippen molar-refractivity contribution in [2.45, 2.75) is 50.4 Å². The molecule has 12 heteroatoms. The highest BCUT2D eigenvalue weighted by Crippen LogP contribution is 2.17. The summed E-state index contributed by atoms with van der Waals surface area (Å²) in [5.74, 6) is -4.88. The smallest absolute Gasteiger partial charge is 0.326 e. The van der Waals surface area contributed by atoms with Crippen LogP contribution in [0.3, 0.4) is 0 Å². The molecule has 0 spiro atoms. The van der Waals surface area contributed by atoms with Crippen molar-refractivity contribution in [1.82, 2.24) is 15.5 Å². The standard InChI is InChI=1S/C15H24N4O8/c1-7(20)12(18-13(24)8(16)5-11(22)23)14(25)17-6-10(21)19-4-2-3-9(19)15(26)27/h7-9,12,20H,2-6,16H2,1H3,(H,17,25)(H,18,24)(H,22,23)(H,26,27). The minimum absolute atomic E-state index is 0.256. The maximum Gasteiger partial charge on any atom is 0.326 e. The van der Waals surface area contributed by atoms with Crippen molar-refractivity contribution >= 4 is 29.7 Å². The average molecular weight is 388 g/mol. The molecule has 4 atom stereocenters. The van der Waals surface area contributed by atoms with Crippen LogP contribution in [0.4, 0.5) is 0 Å². The number of carbonyl (C=O) groups excluding carboxylic acids is 3. The molecule has 0 aromatic rings. The minimum atomic E-state index is -1.46. The fourth-order valence-electron chi connectivity index (χ4n) is 2.64. The van der Waals surface area contributed by atoms with E-state index in [0.717, 1.165) is 4.90 Å². The zero-order chi connectivity index (χ0) is 20.7. The Labute approximate surface area is 154 Å². The molecule has 1 rings (SSSR count). The Morgan fingerprint density at radius 2 is 1.81 bits per heavy atom. The van der Waals surface area contributed by atoms with Crippen LogP contribution in [0.15, 0.2) is 0 Å². The number of likely N-dealkylation sites (tertiary alicyclic amines) is 1. The molecule has 1 heterocycles. The molecule has 3 amide bonds. The first-order valence-electron chi connectivity index (χ1n) is 8.30. The average Bonchev–Trinajstić information content (AvgIpc) is 3.06. The first-order valence-corrected chi connectivity index (χ1v) is 8.30. The molecule has 1 aliphatic heterocycles. The van der Waals surface area contributed by atoms with Crippen molar-refractivity contribution in [3.05, 3.63) is 0 Å². The van der Waals surface area contributed by atoms with Gasteiger partial charge in [0.1, 0.15) is 12.1 Å². The molecule has 152 valence electrons. The monoisotopic (exact) mass is 388 g/mol. The molecule has 0 aromatic carbocycles. The molecule has 1 aliphatic rings. The van der Waals surface area contributed by atoms with E-state index in [1.54, 1.807) is 0 Å². The van der Waals surface area contributed by atoms with Crippen LogP contribution < -0.4 is 16.4 Å². The number of nitrogens with one attached hydrogen (secondary N) is 2. The third-order valence-corrected chi connectivity index (χ3v) is 4.07. The fraction of sp³-hybridized carbons (Fsp3) is 0.667. The Kier molecular flexibility index (Phi) is 8.12. The lowest BCUT2D eigenvalue weighted by Crippen LogP contribution is -2.57. The second-order valence-electron chi connectivity index (χ2n) is 6.23. The topological polar surface area (TPSA) is 199 Å². The van der Waals surface area contributed by atoms with E-state index in [0.29, 0.717) is 12.8 Å². The molecule has 1 fully saturated rings. The Morgan fingerprint density at radius 3 is 2.33 bits per heavy atom. The van der Waals surface area contributed by atoms with E-state index in [1.807, 2.05) is 0 Å². The normalized spacial score (nSPS) is 19.7. The van der Waals surface area contributed by atoms with Gasteiger partial charge in [-0.3, -0.25) is 19.2 Å². The van der Waals surface area contributed by atoms with Crippen LogP contribution in [0.2, 0.25) is 0 Å². The molecule has 0 saturated carbocycles. The summed E-state index contributed by atoms with van der Waals surface area (Å²) in [6, 6.07) is -3.83. The Bertz CT molecular complexity index is 609. The molecule has 1 saturated heterocycles. The maximum atomic E-state index is 12.2. The van der Waals surface area contributed by atoms with Crippen LogP contribution in [-0.2, 0) is 24.0 Å². The number of hydrogen-bond acceptors (Lipinski definition) is 7. The van der Waals surface area contributed by atoms with E-state index < -0.39 is 66.9 Å². The molecule has 0 aromatic heterocycles. The van der Waals surface area contributed by atoms with Crippen LogP contribution in [0.5, 0.6) is 0 Å². The zero-order valence-corrected chi connectivity index (χ0v) is 14.8. The molecule has 0 bridgehead atoms. The Balaban J connectivity index is 2.63. The molecule has 4 unspecified atom stereocenters. The number of hydrogen-bond donors (Lipinski definition) is 6. The van der Waals surface area contributed by atoms with Crippen LogP contribution >= 0.6 is 0 Å². The third kappa shape index (κ3) is 6.49. The number of carboxylic acids is 2. The molecule has 12 nitrogen and oxygen atoms in total. The highest BCUT2D eigenvalue weighted by Gasteiger charge is 2.34. The van der Waals surface area contributed by atoms with Crippen molar-refractivity contribution in [2.75, 3.05) is 13.1 Å². The molecular formula is C15H24N4O8. The van der Waals surface area contributed by atoms with E-state index in [-0.39, 0.29) is 6.54 Å². The Morgan fingerprint density at radius 1 is 1.19 bits per heavy atom. The summed E-state index contributed by atoms with van der Waals surface area (Å²) in [4.78, 5) is 58.9. The maximum absolute atomic E-state index is 12.2. The van der Waals surface area contributed by atoms with Gasteiger partial charge in [-0.05, 0) is 19.8 Å². The van der Waals surface area contributed by atoms with E-state index in [2.05, 4.69) is 10.6 Å². The predicted octanol–water partition coefficient (Wildman–Crippen LogP) is -3.15. The molecular weight excluding hydrogens is 364 g/mol. The molecule has 27 heavy (non-hydrogen) atoms. The van der Waals surface area contributed by atoms with Gasteiger partial charge >= 0.3 is 11.9 Å². The van der Waals surface area contributed by atoms with E-state index in [4.69, 9.17) is 15.9 Å². The third-order valence-electron chi connectivity index (χ3n) is 4.07. The van der Waals surface area contributed by atoms with Gasteiger partial charge < -0.3 is 36.6 Å². The van der Waals surface area contributed by atoms with Crippen molar-refractivity contribution in [3.63, 3.8) is 0 Å². The SMILES string of the molecule is CC(O)C(NC(=O)C(N)CC(=O)O)C(=O)NCC(=O)N1CCCC1C(=O)O. The summed E-state index contributed by atoms with van der Waals surface area (Å²) in [6.45, 7) is 0.963. The number of aliphatic hydroxyl groups is 1. The van der Waals surface area contributed by atoms with E-state index in [1.165, 1.54) is 6.92 Å². The summed E-state index contributed by atoms with van der Waals surface area (Å²) in [5, 5.41) is 31.7. The van der Waals surface area contributed by atoms with Gasteiger partial charge in [0.05, 0.1) is 25.1 Å². The van der Waals surface area contributed by atoms with Gasteiger partial charge in [-0.25, -0.2) is 4.79 Å². The molecule has 7 N–H and O–H groups in total. The summed E-state index contributed by atoms with van der Waals surface area (Å²) < 4.78 is 0. The van der Waals surface area contributed by atoms with Crippen LogP contribution in [0.1, 0.15) is 26.2 Å². The van der Waals surface area contributed by atoms with Gasteiger partial charge in [-0.15, -0.1) is 0 Å². The molecule has 0 radical (unpaired) electrons. The van der Waals surface area contributed by atoms with Crippen molar-refractivity contribution in [1.29, 1.82) is 0 Å². The van der Waals surface area contributed by atoms with E-state index >= 15 is 0 Å². The summed E-state index contributed by atoms with van der Waals surface area (Å²) in [5.41, 5.74) is 5.39. The number of rotatable bonds is 9. The van der Waals surface area contributed by atoms with Gasteiger partial charge in [-0.1, -0.05) is 0 Å². The largest absolute Gasteiger partial charge is 0.481 e. The number of amides is 3. The first kappa shape index (κ1) is 22.3. The van der Waals surface area contributed by atoms with E-state index in [9.17, 15) is 29.1 Å². The zero-order valence-electron chi connectivity index (χ0n) is 14.8. The Hall–Kier alpha value is -2.73. The number of aliphatic hydroxyl groups excluding tert-OH is 1. The summed E-state index contributed by atoms with van der Waals surface area (Å²) in [6.07, 6.45) is -1.16. The number of nitrogens with zero attached hydrogens (tertiary/aromatic N) is 1. The number of nitrogens with two attached hydrogens (primary N) is 1. The van der Waals surface area contributed by atoms with Crippen molar-refractivity contribution in [3.8, 4) is 0 Å². The van der Waals surface area contributed by atoms with Crippen molar-refractivity contribution in [2.24, 2.45) is 5.73 Å². The number of aliphatic carboxylic acids is 2. The lowest BCUT2D eigenvalue weighted by molar-refractivity contribution is -0.148. The number of carboxylic acid groups (broad SMARTS) is 2. The van der Waals surface area contributed by atoms with Crippen LogP contribution in [0.25, 0.3) is 0 Å². The van der Waals surface area contributed by atoms with Gasteiger partial charge in [0.15, 0.2) is 0 Å². The second kappa shape index (κ2) is 9.83. The first-order chi connectivity index (χ1) is 12.5. The lowest BCUT2D eigenvalue weighted by atomic mass is 10.1. The summed E-state index contributed by atoms with van der Waals surface area (Å²) in [7, 11) is 0. The lowest BCUT2D eigenvalue weighted by Gasteiger charge is -2.24. The second-order valence-corrected chi connectivity index (χ2v) is 6.23. The quantitative estimate of drug-likeness (QED) is 0.236. The van der Waals surface area contributed by atoms with Gasteiger partial charge in [-0.2, -0.15) is 0 Å². The summed E-state index contributed by atoms with van der Waals surface area (Å²) >= 11 is 0. The van der Waals surface area contributed by atoms with Crippen LogP contribution in [-0.4, -0.2) is 87.2 Å². The van der Waals surface area contributed by atoms with Gasteiger partial charge in [0, 0.05) is 6.54 Å². The molecule has 0 aliphatic carbocycles. The highest BCUT2D eigenvalue weighted by atomic mass is 16.4. The van der Waals surface area contributed by atoms with Gasteiger partial charge in [0.2, 0.25) is 17.7 Å². The fourth-order valence-corrected chi connectivity index (χ4v) is 2.64. The highest BCUT2D eigenvalue weighted by molar-refractivity contribution is 5.93. The number of carbonyl (C=O) groups is 5. The minimum Gasteiger partial charge on any atom is -0.481 e. The van der Waals surface area contributed by atoms with Crippen LogP contribution in [0, 0.1) is 0 Å². The predicted molar refractivity (Wildman–Crippen MR) is 89.2 cm³/mol. The van der Waals surface area contributed by atoms with Crippen molar-refractivity contribution < 1.29 is 39.3 Å².